The summed E-state index contributed by atoms with van der Waals surface area (Å²) in [6, 6.07) is 10.6. The van der Waals surface area contributed by atoms with Crippen LogP contribution in [0.1, 0.15) is 50.7 Å². The molecular formula is C27H30FN5O2S. The van der Waals surface area contributed by atoms with Gasteiger partial charge in [0.1, 0.15) is 10.7 Å². The van der Waals surface area contributed by atoms with Crippen molar-refractivity contribution in [2.45, 2.75) is 51.0 Å². The van der Waals surface area contributed by atoms with E-state index in [0.717, 1.165) is 34.1 Å². The van der Waals surface area contributed by atoms with Gasteiger partial charge in [-0.2, -0.15) is 14.5 Å². The van der Waals surface area contributed by atoms with Crippen LogP contribution in [-0.2, 0) is 16.6 Å². The van der Waals surface area contributed by atoms with Crippen molar-refractivity contribution >= 4 is 26.5 Å². The summed E-state index contributed by atoms with van der Waals surface area (Å²) in [5.41, 5.74) is 5.20. The molecule has 0 aliphatic carbocycles. The largest absolute Gasteiger partial charge is 0.271 e. The number of hydrogen-bond donors (Lipinski definition) is 0. The molecule has 36 heavy (non-hydrogen) atoms. The van der Waals surface area contributed by atoms with Crippen LogP contribution in [0.4, 0.5) is 4.39 Å². The highest BCUT2D eigenvalue weighted by Crippen LogP contribution is 2.35. The van der Waals surface area contributed by atoms with Crippen molar-refractivity contribution in [3.05, 3.63) is 78.0 Å². The van der Waals surface area contributed by atoms with Gasteiger partial charge in [0.25, 0.3) is 0 Å². The van der Waals surface area contributed by atoms with E-state index in [1.54, 1.807) is 23.0 Å². The van der Waals surface area contributed by atoms with Gasteiger partial charge in [-0.1, -0.05) is 26.8 Å². The monoisotopic (exact) mass is 507 g/mol. The van der Waals surface area contributed by atoms with Crippen molar-refractivity contribution < 1.29 is 12.8 Å². The quantitative estimate of drug-likeness (QED) is 0.337. The molecule has 0 bridgehead atoms. The highest BCUT2D eigenvalue weighted by Gasteiger charge is 2.28. The predicted molar refractivity (Wildman–Crippen MR) is 139 cm³/mol. The number of aryl methyl sites for hydroxylation is 1. The van der Waals surface area contributed by atoms with Crippen LogP contribution in [-0.4, -0.2) is 45.4 Å². The molecule has 5 rings (SSSR count). The zero-order valence-corrected chi connectivity index (χ0v) is 21.5. The summed E-state index contributed by atoms with van der Waals surface area (Å²) in [6.07, 6.45) is 8.41. The summed E-state index contributed by atoms with van der Waals surface area (Å²) in [6.45, 7) is 7.76. The molecule has 2 aromatic carbocycles. The Labute approximate surface area is 210 Å². The van der Waals surface area contributed by atoms with Crippen molar-refractivity contribution in [3.8, 4) is 5.69 Å². The van der Waals surface area contributed by atoms with Crippen molar-refractivity contribution in [2.24, 2.45) is 0 Å². The third-order valence-electron chi connectivity index (χ3n) is 6.65. The van der Waals surface area contributed by atoms with E-state index >= 15 is 0 Å². The van der Waals surface area contributed by atoms with Gasteiger partial charge >= 0.3 is 0 Å². The number of fused-ring (bicyclic) bond motifs is 1. The molecule has 0 radical (unpaired) electrons. The van der Waals surface area contributed by atoms with E-state index in [4.69, 9.17) is 0 Å². The van der Waals surface area contributed by atoms with E-state index < -0.39 is 10.0 Å². The topological polar surface area (TPSA) is 73.0 Å². The Bertz CT molecular complexity index is 1530. The van der Waals surface area contributed by atoms with Crippen LogP contribution in [0, 0.1) is 5.82 Å². The number of hydrogen-bond acceptors (Lipinski definition) is 4. The Morgan fingerprint density at radius 3 is 2.53 bits per heavy atom. The van der Waals surface area contributed by atoms with Crippen LogP contribution in [0.2, 0.25) is 0 Å². The zero-order valence-electron chi connectivity index (χ0n) is 20.7. The number of nitrogens with zero attached hydrogens (tertiary/aromatic N) is 5. The average Bonchev–Trinajstić information content (AvgIpc) is 3.51. The minimum atomic E-state index is -3.59. The Morgan fingerprint density at radius 2 is 1.86 bits per heavy atom. The average molecular weight is 508 g/mol. The maximum atomic E-state index is 13.4. The Balaban J connectivity index is 1.46. The van der Waals surface area contributed by atoms with E-state index in [0.29, 0.717) is 26.1 Å². The fourth-order valence-electron chi connectivity index (χ4n) is 4.73. The lowest BCUT2D eigenvalue weighted by molar-refractivity contribution is 0.441. The first-order valence-corrected chi connectivity index (χ1v) is 13.7. The lowest BCUT2D eigenvalue weighted by Crippen LogP contribution is -2.34. The summed E-state index contributed by atoms with van der Waals surface area (Å²) in [4.78, 5) is 0.241. The molecule has 4 aromatic rings. The van der Waals surface area contributed by atoms with Gasteiger partial charge in [0.15, 0.2) is 0 Å². The number of aromatic nitrogens is 4. The summed E-state index contributed by atoms with van der Waals surface area (Å²) in [5, 5.41) is 9.73. The second kappa shape index (κ2) is 9.63. The number of halogens is 1. The highest BCUT2D eigenvalue weighted by atomic mass is 32.2. The lowest BCUT2D eigenvalue weighted by atomic mass is 9.89. The van der Waals surface area contributed by atoms with E-state index in [1.165, 1.54) is 28.2 Å². The SMILES string of the molecule is CCCn1cc(S(=O)(=O)N2CC=C(c3cc4cnn(-c5ccc(F)cc5)c4cc3C(C)C)CC2)cn1. The second-order valence-electron chi connectivity index (χ2n) is 9.47. The molecule has 0 atom stereocenters. The van der Waals surface area contributed by atoms with Gasteiger partial charge in [-0.05, 0) is 71.9 Å². The molecule has 0 spiro atoms. The highest BCUT2D eigenvalue weighted by molar-refractivity contribution is 7.89. The molecule has 0 saturated carbocycles. The predicted octanol–water partition coefficient (Wildman–Crippen LogP) is 5.37. The van der Waals surface area contributed by atoms with Crippen LogP contribution >= 0.6 is 0 Å². The molecule has 0 unspecified atom stereocenters. The van der Waals surface area contributed by atoms with Gasteiger partial charge in [0, 0.05) is 31.2 Å². The molecule has 0 saturated heterocycles. The minimum Gasteiger partial charge on any atom is -0.271 e. The molecule has 7 nitrogen and oxygen atoms in total. The summed E-state index contributed by atoms with van der Waals surface area (Å²) < 4.78 is 44.8. The molecule has 0 amide bonds. The van der Waals surface area contributed by atoms with Crippen LogP contribution in [0.25, 0.3) is 22.2 Å². The fourth-order valence-corrected chi connectivity index (χ4v) is 6.06. The van der Waals surface area contributed by atoms with Crippen LogP contribution in [0.15, 0.2) is 66.0 Å². The lowest BCUT2D eigenvalue weighted by Gasteiger charge is -2.27. The molecule has 2 aromatic heterocycles. The summed E-state index contributed by atoms with van der Waals surface area (Å²) in [7, 11) is -3.59. The van der Waals surface area contributed by atoms with Crippen LogP contribution in [0.3, 0.4) is 0 Å². The van der Waals surface area contributed by atoms with Crippen molar-refractivity contribution in [1.82, 2.24) is 23.9 Å². The molecule has 0 fully saturated rings. The van der Waals surface area contributed by atoms with Gasteiger partial charge in [-0.15, -0.1) is 0 Å². The Hall–Kier alpha value is -3.30. The summed E-state index contributed by atoms with van der Waals surface area (Å²) >= 11 is 0. The number of benzene rings is 2. The second-order valence-corrected chi connectivity index (χ2v) is 11.4. The normalized spacial score (nSPS) is 15.1. The first-order chi connectivity index (χ1) is 17.3. The van der Waals surface area contributed by atoms with Gasteiger partial charge in [-0.25, -0.2) is 17.5 Å². The molecule has 1 aliphatic rings. The Morgan fingerprint density at radius 1 is 1.08 bits per heavy atom. The smallest absolute Gasteiger partial charge is 0.246 e. The molecular weight excluding hydrogens is 477 g/mol. The first-order valence-electron chi connectivity index (χ1n) is 12.3. The Kier molecular flexibility index (Phi) is 6.53. The van der Waals surface area contributed by atoms with Gasteiger partial charge in [0.2, 0.25) is 10.0 Å². The molecule has 3 heterocycles. The van der Waals surface area contributed by atoms with E-state index in [-0.39, 0.29) is 16.6 Å². The van der Waals surface area contributed by atoms with E-state index in [1.807, 2.05) is 23.9 Å². The van der Waals surface area contributed by atoms with E-state index in [2.05, 4.69) is 36.2 Å². The standard InChI is InChI=1S/C27H30FN5O2S/c1-4-11-31-18-24(17-29-31)36(34,35)32-12-9-20(10-13-32)26-14-21-16-30-33(23-7-5-22(28)6-8-23)27(21)15-25(26)19(2)3/h5-9,14-19H,4,10-13H2,1-3H3. The fraction of sp³-hybridized carbons (Fsp3) is 0.333. The minimum absolute atomic E-state index is 0.241. The van der Waals surface area contributed by atoms with Crippen molar-refractivity contribution in [3.63, 3.8) is 0 Å². The van der Waals surface area contributed by atoms with Crippen LogP contribution in [0.5, 0.6) is 0 Å². The maximum absolute atomic E-state index is 13.4. The van der Waals surface area contributed by atoms with Crippen molar-refractivity contribution in [1.29, 1.82) is 0 Å². The van der Waals surface area contributed by atoms with Gasteiger partial charge < -0.3 is 0 Å². The summed E-state index contributed by atoms with van der Waals surface area (Å²) in [5.74, 6) is -0.0245. The number of rotatable bonds is 7. The van der Waals surface area contributed by atoms with Crippen molar-refractivity contribution in [2.75, 3.05) is 13.1 Å². The molecule has 9 heteroatoms. The molecule has 188 valence electrons. The van der Waals surface area contributed by atoms with Gasteiger partial charge in [0.05, 0.1) is 23.6 Å². The van der Waals surface area contributed by atoms with Crippen LogP contribution < -0.4 is 0 Å². The molecule has 1 aliphatic heterocycles. The third kappa shape index (κ3) is 4.49. The zero-order chi connectivity index (χ0) is 25.4. The first kappa shape index (κ1) is 24.4. The van der Waals surface area contributed by atoms with Gasteiger partial charge in [-0.3, -0.25) is 4.68 Å². The molecule has 0 N–H and O–H groups in total. The van der Waals surface area contributed by atoms with E-state index in [9.17, 15) is 12.8 Å². The number of sulfonamides is 1. The third-order valence-corrected chi connectivity index (χ3v) is 8.47. The maximum Gasteiger partial charge on any atom is 0.246 e.